The summed E-state index contributed by atoms with van der Waals surface area (Å²) < 4.78 is 33.8. The van der Waals surface area contributed by atoms with E-state index in [0.29, 0.717) is 53.7 Å². The molecule has 3 amide bonds. The zero-order valence-electron chi connectivity index (χ0n) is 34.4. The molecule has 0 saturated heterocycles. The SMILES string of the molecule is CC[C@@]1(O)C(=O)OCc2c1cc1n(c2=O)Cc2c-1nc1cc(F)c(C)c3c1c2[C@@H](N(C)C(=O)C1(OCNC(=O)CNC(=O)OCC2c4ccccc4-c4ccccc42)CC1)CC3. The standard InChI is InChI=1S/C47H44FN5O9/c1-4-47(59)33-17-37-41-30(20-53(37)42(55)32(33)22-60-44(47)57)40-36(14-13-25-24(2)34(48)18-35(51-41)39(25)40)52(3)43(56)46(15-16-46)62-23-50-38(54)19-49-45(58)61-21-31-28-11-7-5-9-26(28)27-10-6-8-12-29(27)31/h5-12,17-18,31,36,59H,4,13-16,19-23H2,1-3H3,(H,49,58)(H,50,54)/t36-,47-/m0/s1. The topological polar surface area (TPSA) is 178 Å². The lowest BCUT2D eigenvalue weighted by atomic mass is 9.81. The Kier molecular flexibility index (Phi) is 9.33. The number of benzene rings is 3. The Morgan fingerprint density at radius 1 is 1.02 bits per heavy atom. The van der Waals surface area contributed by atoms with Gasteiger partial charge in [0.05, 0.1) is 35.1 Å². The number of fused-ring (bicyclic) bond motifs is 8. The Hall–Kier alpha value is -6.45. The number of nitrogens with zero attached hydrogens (tertiary/aromatic N) is 3. The molecular formula is C47H44FN5O9. The van der Waals surface area contributed by atoms with Gasteiger partial charge in [-0.2, -0.15) is 0 Å². The summed E-state index contributed by atoms with van der Waals surface area (Å²) in [6.45, 7) is 2.66. The van der Waals surface area contributed by atoms with Crippen LogP contribution in [0.4, 0.5) is 9.18 Å². The van der Waals surface area contributed by atoms with Gasteiger partial charge in [0.1, 0.15) is 37.9 Å². The molecule has 1 fully saturated rings. The van der Waals surface area contributed by atoms with Crippen molar-refractivity contribution in [3.05, 3.63) is 121 Å². The number of rotatable bonds is 10. The molecule has 15 heteroatoms. The number of pyridine rings is 2. The third-order valence-electron chi connectivity index (χ3n) is 13.6. The van der Waals surface area contributed by atoms with Gasteiger partial charge < -0.3 is 39.4 Å². The van der Waals surface area contributed by atoms with Crippen LogP contribution in [0.15, 0.2) is 65.5 Å². The fourth-order valence-electron chi connectivity index (χ4n) is 10.0. The molecule has 4 heterocycles. The van der Waals surface area contributed by atoms with Crippen LogP contribution in [-0.4, -0.2) is 76.0 Å². The molecule has 0 spiro atoms. The van der Waals surface area contributed by atoms with E-state index in [0.717, 1.165) is 38.8 Å². The summed E-state index contributed by atoms with van der Waals surface area (Å²) in [5.74, 6) is -2.19. The summed E-state index contributed by atoms with van der Waals surface area (Å²) in [6, 6.07) is 18.5. The molecule has 318 valence electrons. The number of hydrogen-bond acceptors (Lipinski definition) is 10. The predicted octanol–water partition coefficient (Wildman–Crippen LogP) is 5.13. The Balaban J connectivity index is 0.833. The second kappa shape index (κ2) is 14.6. The van der Waals surface area contributed by atoms with Crippen LogP contribution in [0, 0.1) is 12.7 Å². The number of aliphatic hydroxyl groups is 1. The maximum Gasteiger partial charge on any atom is 0.407 e. The van der Waals surface area contributed by atoms with Gasteiger partial charge in [0.25, 0.3) is 11.5 Å². The quantitative estimate of drug-likeness (QED) is 0.124. The van der Waals surface area contributed by atoms with Crippen molar-refractivity contribution < 1.29 is 42.9 Å². The number of ether oxygens (including phenoxy) is 3. The van der Waals surface area contributed by atoms with Crippen molar-refractivity contribution in [1.82, 2.24) is 25.1 Å². The Morgan fingerprint density at radius 2 is 1.73 bits per heavy atom. The minimum atomic E-state index is -2.01. The minimum Gasteiger partial charge on any atom is -0.458 e. The number of carbonyl (C=O) groups excluding carboxylic acids is 4. The molecule has 0 bridgehead atoms. The van der Waals surface area contributed by atoms with Crippen LogP contribution in [0.1, 0.15) is 89.1 Å². The monoisotopic (exact) mass is 841 g/mol. The fourth-order valence-corrected chi connectivity index (χ4v) is 10.0. The average Bonchev–Trinajstić information content (AvgIpc) is 3.88. The lowest BCUT2D eigenvalue weighted by molar-refractivity contribution is -0.172. The Morgan fingerprint density at radius 3 is 2.42 bits per heavy atom. The second-order valence-electron chi connectivity index (χ2n) is 16.8. The Bertz CT molecular complexity index is 2810. The van der Waals surface area contributed by atoms with Crippen molar-refractivity contribution >= 4 is 34.8 Å². The predicted molar refractivity (Wildman–Crippen MR) is 222 cm³/mol. The van der Waals surface area contributed by atoms with Crippen LogP contribution in [-0.2, 0) is 53.8 Å². The number of likely N-dealkylation sites (N-methyl/N-ethyl adjacent to an activating group) is 1. The number of carbonyl (C=O) groups is 4. The van der Waals surface area contributed by atoms with E-state index < -0.39 is 46.6 Å². The van der Waals surface area contributed by atoms with Crippen molar-refractivity contribution in [3.8, 4) is 22.5 Å². The Labute approximate surface area is 355 Å². The molecule has 0 radical (unpaired) electrons. The highest BCUT2D eigenvalue weighted by Gasteiger charge is 2.54. The minimum absolute atomic E-state index is 0.0144. The molecule has 0 unspecified atom stereocenters. The highest BCUT2D eigenvalue weighted by molar-refractivity contribution is 5.95. The molecule has 1 saturated carbocycles. The number of alkyl carbamates (subject to hydrolysis) is 1. The van der Waals surface area contributed by atoms with Crippen molar-refractivity contribution in [2.45, 2.75) is 82.3 Å². The number of aromatic nitrogens is 2. The molecule has 14 nitrogen and oxygen atoms in total. The van der Waals surface area contributed by atoms with E-state index >= 15 is 4.39 Å². The number of aryl methyl sites for hydroxylation is 1. The number of esters is 1. The lowest BCUT2D eigenvalue weighted by Gasteiger charge is -2.36. The van der Waals surface area contributed by atoms with Gasteiger partial charge in [-0.1, -0.05) is 55.5 Å². The van der Waals surface area contributed by atoms with E-state index in [1.54, 1.807) is 31.9 Å². The first-order valence-electron chi connectivity index (χ1n) is 20.9. The summed E-state index contributed by atoms with van der Waals surface area (Å²) in [6.07, 6.45) is 1.03. The lowest BCUT2D eigenvalue weighted by Crippen LogP contribution is -2.45. The summed E-state index contributed by atoms with van der Waals surface area (Å²) in [7, 11) is 1.70. The maximum absolute atomic E-state index is 15.5. The van der Waals surface area contributed by atoms with Crippen molar-refractivity contribution in [2.75, 3.05) is 26.9 Å². The van der Waals surface area contributed by atoms with E-state index in [1.165, 1.54) is 10.6 Å². The van der Waals surface area contributed by atoms with E-state index in [9.17, 15) is 29.1 Å². The summed E-state index contributed by atoms with van der Waals surface area (Å²) in [5.41, 5.74) is 4.99. The van der Waals surface area contributed by atoms with Crippen molar-refractivity contribution in [2.24, 2.45) is 0 Å². The first-order chi connectivity index (χ1) is 29.8. The van der Waals surface area contributed by atoms with Crippen LogP contribution in [0.3, 0.4) is 0 Å². The fraction of sp³-hybridized carbons (Fsp3) is 0.362. The van der Waals surface area contributed by atoms with E-state index in [-0.39, 0.29) is 62.4 Å². The average molecular weight is 842 g/mol. The van der Waals surface area contributed by atoms with Crippen LogP contribution >= 0.6 is 0 Å². The van der Waals surface area contributed by atoms with Gasteiger partial charge in [-0.3, -0.25) is 14.4 Å². The molecule has 2 aliphatic heterocycles. The van der Waals surface area contributed by atoms with Gasteiger partial charge in [-0.05, 0) is 84.0 Å². The van der Waals surface area contributed by atoms with Gasteiger partial charge in [0.2, 0.25) is 5.91 Å². The van der Waals surface area contributed by atoms with Gasteiger partial charge in [0.15, 0.2) is 5.60 Å². The molecule has 3 N–H and O–H groups in total. The number of halogens is 1. The first-order valence-corrected chi connectivity index (χ1v) is 20.9. The smallest absolute Gasteiger partial charge is 0.407 e. The summed E-state index contributed by atoms with van der Waals surface area (Å²) >= 11 is 0. The number of nitrogens with one attached hydrogen (secondary N) is 2. The molecular weight excluding hydrogens is 798 g/mol. The molecule has 5 aromatic rings. The van der Waals surface area contributed by atoms with Gasteiger partial charge >= 0.3 is 12.1 Å². The highest BCUT2D eigenvalue weighted by atomic mass is 19.1. The van der Waals surface area contributed by atoms with Crippen LogP contribution in [0.25, 0.3) is 33.4 Å². The first kappa shape index (κ1) is 39.7. The van der Waals surface area contributed by atoms with Gasteiger partial charge in [-0.25, -0.2) is 19.0 Å². The molecule has 3 aromatic carbocycles. The highest BCUT2D eigenvalue weighted by Crippen LogP contribution is 2.50. The van der Waals surface area contributed by atoms with Gasteiger partial charge in [-0.15, -0.1) is 0 Å². The molecule has 5 aliphatic rings. The van der Waals surface area contributed by atoms with Crippen molar-refractivity contribution in [3.63, 3.8) is 0 Å². The van der Waals surface area contributed by atoms with E-state index in [2.05, 4.69) is 10.6 Å². The third-order valence-corrected chi connectivity index (χ3v) is 13.6. The van der Waals surface area contributed by atoms with Crippen LogP contribution in [0.2, 0.25) is 0 Å². The van der Waals surface area contributed by atoms with Crippen LogP contribution < -0.4 is 16.2 Å². The second-order valence-corrected chi connectivity index (χ2v) is 16.8. The molecule has 2 aromatic heterocycles. The third kappa shape index (κ3) is 6.03. The summed E-state index contributed by atoms with van der Waals surface area (Å²) in [4.78, 5) is 73.2. The van der Waals surface area contributed by atoms with E-state index in [1.807, 2.05) is 48.5 Å². The van der Waals surface area contributed by atoms with Crippen LogP contribution in [0.5, 0.6) is 0 Å². The molecule has 3 aliphatic carbocycles. The molecule has 10 rings (SSSR count). The molecule has 2 atom stereocenters. The maximum atomic E-state index is 15.5. The zero-order valence-corrected chi connectivity index (χ0v) is 34.4. The van der Waals surface area contributed by atoms with Gasteiger partial charge in [0, 0.05) is 35.5 Å². The largest absolute Gasteiger partial charge is 0.458 e. The molecule has 62 heavy (non-hydrogen) atoms. The van der Waals surface area contributed by atoms with E-state index in [4.69, 9.17) is 19.2 Å². The number of amides is 3. The number of cyclic esters (lactones) is 1. The normalized spacial score (nSPS) is 19.7. The number of hydrogen-bond donors (Lipinski definition) is 3. The van der Waals surface area contributed by atoms with Crippen molar-refractivity contribution in [1.29, 1.82) is 0 Å². The zero-order chi connectivity index (χ0) is 43.2. The summed E-state index contributed by atoms with van der Waals surface area (Å²) in [5, 5.41) is 17.3.